The van der Waals surface area contributed by atoms with Gasteiger partial charge in [0.1, 0.15) is 23.2 Å². The number of aryl methyl sites for hydroxylation is 1. The highest BCUT2D eigenvalue weighted by atomic mass is 32.1. The second-order valence-corrected chi connectivity index (χ2v) is 8.13. The molecule has 0 fully saturated rings. The van der Waals surface area contributed by atoms with Crippen LogP contribution in [0.15, 0.2) is 54.7 Å². The third-order valence-electron chi connectivity index (χ3n) is 4.51. The molecule has 0 spiro atoms. The molecule has 0 aliphatic rings. The molecule has 4 aromatic rings. The van der Waals surface area contributed by atoms with Crippen molar-refractivity contribution in [2.24, 2.45) is 0 Å². The third-order valence-corrected chi connectivity index (χ3v) is 5.57. The van der Waals surface area contributed by atoms with Crippen LogP contribution < -0.4 is 4.74 Å². The molecule has 3 nitrogen and oxygen atoms in total. The first-order valence-electron chi connectivity index (χ1n) is 9.16. The normalized spacial score (nSPS) is 11.1. The average Bonchev–Trinajstić information content (AvgIpc) is 3.08. The summed E-state index contributed by atoms with van der Waals surface area (Å²) in [4.78, 5) is 17.6. The van der Waals surface area contributed by atoms with Gasteiger partial charge in [0.15, 0.2) is 11.6 Å². The van der Waals surface area contributed by atoms with Gasteiger partial charge < -0.3 is 4.74 Å². The minimum atomic E-state index is -0.646. The monoisotopic (exact) mass is 427 g/mol. The highest BCUT2D eigenvalue weighted by Gasteiger charge is 2.14. The summed E-state index contributed by atoms with van der Waals surface area (Å²) >= 11 is 1.51. The molecule has 0 N–H and O–H groups in total. The molecular weight excluding hydrogens is 411 g/mol. The van der Waals surface area contributed by atoms with Gasteiger partial charge in [0.05, 0.1) is 10.2 Å². The highest BCUT2D eigenvalue weighted by Crippen LogP contribution is 2.35. The average molecular weight is 427 g/mol. The molecule has 0 aliphatic carbocycles. The second kappa shape index (κ2) is 8.28. The molecule has 2 heterocycles. The van der Waals surface area contributed by atoms with Gasteiger partial charge in [0.25, 0.3) is 0 Å². The Kier molecular flexibility index (Phi) is 5.55. The molecule has 0 atom stereocenters. The number of halogens is 3. The number of fused-ring (bicyclic) bond motifs is 1. The lowest BCUT2D eigenvalue weighted by Crippen LogP contribution is -2.08. The van der Waals surface area contributed by atoms with E-state index in [9.17, 15) is 18.0 Å². The second-order valence-electron chi connectivity index (χ2n) is 6.88. The van der Waals surface area contributed by atoms with E-state index in [1.165, 1.54) is 23.5 Å². The summed E-state index contributed by atoms with van der Waals surface area (Å²) < 4.78 is 48.1. The summed E-state index contributed by atoms with van der Waals surface area (Å²) in [6.45, 7) is 1.96. The van der Waals surface area contributed by atoms with Gasteiger partial charge in [-0.15, -0.1) is 11.3 Å². The topological polar surface area (TPSA) is 39.2 Å². The Morgan fingerprint density at radius 1 is 0.967 bits per heavy atom. The predicted octanol–water partition coefficient (Wildman–Crippen LogP) is 6.17. The maximum absolute atomic E-state index is 14.6. The lowest BCUT2D eigenvalue weighted by Gasteiger charge is -2.09. The summed E-state index contributed by atoms with van der Waals surface area (Å²) in [5.74, 6) is -1.69. The van der Waals surface area contributed by atoms with Crippen molar-refractivity contribution < 1.29 is 22.7 Å². The largest absolute Gasteiger partial charge is 0.453 e. The van der Waals surface area contributed by atoms with Crippen LogP contribution in [0.25, 0.3) is 10.2 Å². The molecule has 0 bridgehead atoms. The van der Waals surface area contributed by atoms with E-state index in [0.717, 1.165) is 33.3 Å². The Balaban J connectivity index is 1.49. The Morgan fingerprint density at radius 3 is 2.60 bits per heavy atom. The van der Waals surface area contributed by atoms with Crippen LogP contribution in [0.3, 0.4) is 0 Å². The van der Waals surface area contributed by atoms with Crippen molar-refractivity contribution in [2.75, 3.05) is 0 Å². The number of hydrogen-bond acceptors (Lipinski definition) is 4. The molecule has 2 aromatic carbocycles. The lowest BCUT2D eigenvalue weighted by molar-refractivity contribution is -0.117. The minimum Gasteiger partial charge on any atom is -0.453 e. The number of carbonyl (C=O) groups excluding carboxylic acids is 1. The number of ketones is 1. The third kappa shape index (κ3) is 4.36. The molecule has 0 unspecified atom stereocenters. The Hall–Kier alpha value is -3.19. The van der Waals surface area contributed by atoms with E-state index >= 15 is 0 Å². The van der Waals surface area contributed by atoms with Crippen molar-refractivity contribution in [1.29, 1.82) is 0 Å². The van der Waals surface area contributed by atoms with Crippen molar-refractivity contribution in [1.82, 2.24) is 4.98 Å². The van der Waals surface area contributed by atoms with Gasteiger partial charge in [0.2, 0.25) is 0 Å². The van der Waals surface area contributed by atoms with Gasteiger partial charge >= 0.3 is 0 Å². The summed E-state index contributed by atoms with van der Waals surface area (Å²) in [7, 11) is 0. The van der Waals surface area contributed by atoms with Crippen LogP contribution in [0.4, 0.5) is 13.2 Å². The van der Waals surface area contributed by atoms with Crippen LogP contribution in [0.2, 0.25) is 0 Å². The van der Waals surface area contributed by atoms with Crippen molar-refractivity contribution in [3.63, 3.8) is 0 Å². The lowest BCUT2D eigenvalue weighted by atomic mass is 10.0. The van der Waals surface area contributed by atoms with Crippen LogP contribution in [0.1, 0.15) is 16.0 Å². The SMILES string of the molecule is Cc1cc2nccc(Oc3ccc(CC(=O)Cc4cc(F)ccc4F)cc3F)c2s1. The number of nitrogens with zero attached hydrogens (tertiary/aromatic N) is 1. The van der Waals surface area contributed by atoms with Gasteiger partial charge in [-0.3, -0.25) is 9.78 Å². The zero-order valence-electron chi connectivity index (χ0n) is 15.9. The molecule has 2 aromatic heterocycles. The molecule has 0 amide bonds. The zero-order chi connectivity index (χ0) is 21.3. The minimum absolute atomic E-state index is 0.0200. The van der Waals surface area contributed by atoms with E-state index < -0.39 is 17.5 Å². The summed E-state index contributed by atoms with van der Waals surface area (Å²) in [5.41, 5.74) is 1.18. The number of ether oxygens (including phenoxy) is 1. The molecule has 0 saturated carbocycles. The number of Topliss-reactive ketones (excluding diaryl/α,β-unsaturated/α-hetero) is 1. The van der Waals surface area contributed by atoms with Gasteiger partial charge in [-0.2, -0.15) is 0 Å². The molecule has 152 valence electrons. The Labute approximate surface area is 174 Å². The molecular formula is C23H16F3NO2S. The van der Waals surface area contributed by atoms with E-state index in [-0.39, 0.29) is 29.9 Å². The van der Waals surface area contributed by atoms with E-state index in [0.29, 0.717) is 11.3 Å². The van der Waals surface area contributed by atoms with Crippen LogP contribution in [-0.4, -0.2) is 10.8 Å². The summed E-state index contributed by atoms with van der Waals surface area (Å²) in [6, 6.07) is 10.8. The fourth-order valence-electron chi connectivity index (χ4n) is 3.15. The fourth-order valence-corrected chi connectivity index (χ4v) is 4.07. The number of thiophene rings is 1. The van der Waals surface area contributed by atoms with E-state index in [1.807, 2.05) is 13.0 Å². The summed E-state index contributed by atoms with van der Waals surface area (Å²) in [5, 5.41) is 0. The van der Waals surface area contributed by atoms with Crippen molar-refractivity contribution in [2.45, 2.75) is 19.8 Å². The first-order chi connectivity index (χ1) is 14.4. The molecule has 0 aliphatic heterocycles. The number of benzene rings is 2. The molecule has 4 rings (SSSR count). The van der Waals surface area contributed by atoms with Gasteiger partial charge in [0, 0.05) is 30.0 Å². The standard InChI is InChI=1S/C23H16F3NO2S/c1-13-8-20-23(30-13)22(6-7-27-20)29-21-5-2-14(10-19(21)26)9-17(28)12-15-11-16(24)3-4-18(15)25/h2-8,10-11H,9,12H2,1H3. The first kappa shape index (κ1) is 20.1. The summed E-state index contributed by atoms with van der Waals surface area (Å²) in [6.07, 6.45) is 1.23. The molecule has 7 heteroatoms. The first-order valence-corrected chi connectivity index (χ1v) is 9.98. The molecule has 30 heavy (non-hydrogen) atoms. The number of pyridine rings is 1. The van der Waals surface area contributed by atoms with Crippen LogP contribution in [0, 0.1) is 24.4 Å². The van der Waals surface area contributed by atoms with Gasteiger partial charge in [-0.1, -0.05) is 6.07 Å². The van der Waals surface area contributed by atoms with E-state index in [4.69, 9.17) is 4.74 Å². The zero-order valence-corrected chi connectivity index (χ0v) is 16.7. The smallest absolute Gasteiger partial charge is 0.166 e. The van der Waals surface area contributed by atoms with Crippen molar-refractivity contribution in [3.05, 3.63) is 88.2 Å². The van der Waals surface area contributed by atoms with Crippen molar-refractivity contribution >= 4 is 27.3 Å². The maximum atomic E-state index is 14.6. The van der Waals surface area contributed by atoms with Crippen LogP contribution in [0.5, 0.6) is 11.5 Å². The Bertz CT molecular complexity index is 1250. The maximum Gasteiger partial charge on any atom is 0.166 e. The number of hydrogen-bond donors (Lipinski definition) is 0. The van der Waals surface area contributed by atoms with E-state index in [2.05, 4.69) is 4.98 Å². The van der Waals surface area contributed by atoms with Crippen molar-refractivity contribution in [3.8, 4) is 11.5 Å². The fraction of sp³-hybridized carbons (Fsp3) is 0.130. The number of carbonyl (C=O) groups is 1. The number of rotatable bonds is 6. The predicted molar refractivity (Wildman–Crippen MR) is 110 cm³/mol. The molecule has 0 saturated heterocycles. The van der Waals surface area contributed by atoms with E-state index in [1.54, 1.807) is 18.3 Å². The Morgan fingerprint density at radius 2 is 1.80 bits per heavy atom. The van der Waals surface area contributed by atoms with Gasteiger partial charge in [-0.25, -0.2) is 13.2 Å². The van der Waals surface area contributed by atoms with Crippen LogP contribution in [-0.2, 0) is 17.6 Å². The molecule has 0 radical (unpaired) electrons. The van der Waals surface area contributed by atoms with Gasteiger partial charge in [-0.05, 0) is 54.4 Å². The highest BCUT2D eigenvalue weighted by molar-refractivity contribution is 7.19. The quantitative estimate of drug-likeness (QED) is 0.369. The van der Waals surface area contributed by atoms with Crippen LogP contribution >= 0.6 is 11.3 Å². The number of aromatic nitrogens is 1.